The van der Waals surface area contributed by atoms with Crippen LogP contribution in [0.1, 0.15) is 38.5 Å². The predicted molar refractivity (Wildman–Crippen MR) is 64.8 cm³/mol. The minimum atomic E-state index is -0.892. The zero-order chi connectivity index (χ0) is 13.6. The van der Waals surface area contributed by atoms with Gasteiger partial charge in [-0.15, -0.1) is 0 Å². The van der Waals surface area contributed by atoms with Crippen molar-refractivity contribution in [1.29, 1.82) is 0 Å². The fraction of sp³-hybridized carbons (Fsp3) is 0.750. The van der Waals surface area contributed by atoms with Crippen LogP contribution >= 0.6 is 0 Å². The van der Waals surface area contributed by atoms with Crippen molar-refractivity contribution in [3.8, 4) is 0 Å². The normalized spacial score (nSPS) is 17.2. The fourth-order valence-electron chi connectivity index (χ4n) is 2.33. The summed E-state index contributed by atoms with van der Waals surface area (Å²) in [7, 11) is 1.53. The fourth-order valence-corrected chi connectivity index (χ4v) is 2.33. The SMILES string of the molecule is CNC(=O)CCNC(=O)CC1(C(=O)O)CCCC1. The van der Waals surface area contributed by atoms with Gasteiger partial charge in [-0.05, 0) is 12.8 Å². The number of amides is 2. The highest BCUT2D eigenvalue weighted by atomic mass is 16.4. The van der Waals surface area contributed by atoms with Crippen molar-refractivity contribution >= 4 is 17.8 Å². The molecule has 0 radical (unpaired) electrons. The van der Waals surface area contributed by atoms with Gasteiger partial charge in [-0.3, -0.25) is 14.4 Å². The molecule has 6 heteroatoms. The topological polar surface area (TPSA) is 95.5 Å². The molecule has 0 atom stereocenters. The molecular weight excluding hydrogens is 236 g/mol. The zero-order valence-corrected chi connectivity index (χ0v) is 10.6. The standard InChI is InChI=1S/C12H20N2O4/c1-13-9(15)4-7-14-10(16)8-12(11(17)18)5-2-3-6-12/h2-8H2,1H3,(H,13,15)(H,14,16)(H,17,18). The third kappa shape index (κ3) is 3.72. The summed E-state index contributed by atoms with van der Waals surface area (Å²) in [5, 5.41) is 14.3. The zero-order valence-electron chi connectivity index (χ0n) is 10.6. The van der Waals surface area contributed by atoms with Gasteiger partial charge in [-0.2, -0.15) is 0 Å². The molecule has 1 aliphatic rings. The Kier molecular flexibility index (Phi) is 5.12. The highest BCUT2D eigenvalue weighted by Crippen LogP contribution is 2.41. The monoisotopic (exact) mass is 256 g/mol. The van der Waals surface area contributed by atoms with Gasteiger partial charge in [-0.1, -0.05) is 12.8 Å². The van der Waals surface area contributed by atoms with E-state index in [1.165, 1.54) is 7.05 Å². The van der Waals surface area contributed by atoms with Crippen molar-refractivity contribution < 1.29 is 19.5 Å². The molecule has 1 aliphatic carbocycles. The van der Waals surface area contributed by atoms with Crippen LogP contribution in [0, 0.1) is 5.41 Å². The van der Waals surface area contributed by atoms with Crippen LogP contribution in [0.5, 0.6) is 0 Å². The van der Waals surface area contributed by atoms with Gasteiger partial charge in [0.05, 0.1) is 5.41 Å². The quantitative estimate of drug-likeness (QED) is 0.635. The Morgan fingerprint density at radius 3 is 2.28 bits per heavy atom. The van der Waals surface area contributed by atoms with Gasteiger partial charge in [0.1, 0.15) is 0 Å². The van der Waals surface area contributed by atoms with Crippen molar-refractivity contribution in [1.82, 2.24) is 10.6 Å². The summed E-state index contributed by atoms with van der Waals surface area (Å²) in [4.78, 5) is 33.9. The minimum absolute atomic E-state index is 0.01000. The molecule has 1 saturated carbocycles. The summed E-state index contributed by atoms with van der Waals surface area (Å²) in [6, 6.07) is 0. The number of aliphatic carboxylic acids is 1. The van der Waals surface area contributed by atoms with E-state index in [-0.39, 0.29) is 31.2 Å². The molecule has 0 bridgehead atoms. The summed E-state index contributed by atoms with van der Waals surface area (Å²) < 4.78 is 0. The van der Waals surface area contributed by atoms with E-state index in [0.29, 0.717) is 12.8 Å². The van der Waals surface area contributed by atoms with Crippen LogP contribution in [0.2, 0.25) is 0 Å². The number of rotatable bonds is 6. The molecule has 2 amide bonds. The smallest absolute Gasteiger partial charge is 0.310 e. The number of carboxylic acid groups (broad SMARTS) is 1. The Morgan fingerprint density at radius 1 is 1.17 bits per heavy atom. The molecule has 1 rings (SSSR count). The van der Waals surface area contributed by atoms with E-state index in [0.717, 1.165) is 12.8 Å². The van der Waals surface area contributed by atoms with Crippen molar-refractivity contribution in [3.63, 3.8) is 0 Å². The first-order chi connectivity index (χ1) is 8.50. The maximum absolute atomic E-state index is 11.7. The summed E-state index contributed by atoms with van der Waals surface area (Å²) in [6.07, 6.45) is 3.06. The maximum atomic E-state index is 11.7. The molecule has 102 valence electrons. The summed E-state index contributed by atoms with van der Waals surface area (Å²) in [5.41, 5.74) is -0.892. The first kappa shape index (κ1) is 14.5. The Balaban J connectivity index is 2.38. The second kappa shape index (κ2) is 6.37. The van der Waals surface area contributed by atoms with Gasteiger partial charge >= 0.3 is 5.97 Å². The van der Waals surface area contributed by atoms with E-state index in [2.05, 4.69) is 10.6 Å². The Labute approximate surface area is 106 Å². The van der Waals surface area contributed by atoms with E-state index >= 15 is 0 Å². The average molecular weight is 256 g/mol. The van der Waals surface area contributed by atoms with Crippen LogP contribution in [-0.4, -0.2) is 36.5 Å². The number of hydrogen-bond donors (Lipinski definition) is 3. The van der Waals surface area contributed by atoms with Crippen LogP contribution in [0.3, 0.4) is 0 Å². The lowest BCUT2D eigenvalue weighted by Crippen LogP contribution is -2.37. The van der Waals surface area contributed by atoms with E-state index in [4.69, 9.17) is 0 Å². The largest absolute Gasteiger partial charge is 0.481 e. The van der Waals surface area contributed by atoms with Gasteiger partial charge in [0, 0.05) is 26.4 Å². The first-order valence-electron chi connectivity index (χ1n) is 6.21. The maximum Gasteiger partial charge on any atom is 0.310 e. The molecule has 1 fully saturated rings. The predicted octanol–water partition coefficient (Wildman–Crippen LogP) is 0.274. The second-order valence-corrected chi connectivity index (χ2v) is 4.74. The number of carboxylic acids is 1. The number of carbonyl (C=O) groups excluding carboxylic acids is 2. The molecule has 0 heterocycles. The van der Waals surface area contributed by atoms with Crippen LogP contribution in [-0.2, 0) is 14.4 Å². The van der Waals surface area contributed by atoms with E-state index in [9.17, 15) is 19.5 Å². The molecule has 0 unspecified atom stereocenters. The molecule has 0 spiro atoms. The van der Waals surface area contributed by atoms with E-state index in [1.54, 1.807) is 0 Å². The van der Waals surface area contributed by atoms with Crippen molar-refractivity contribution in [3.05, 3.63) is 0 Å². The second-order valence-electron chi connectivity index (χ2n) is 4.74. The molecule has 3 N–H and O–H groups in total. The molecular formula is C12H20N2O4. The summed E-state index contributed by atoms with van der Waals surface area (Å²) in [5.74, 6) is -1.33. The Morgan fingerprint density at radius 2 is 1.78 bits per heavy atom. The number of hydrogen-bond acceptors (Lipinski definition) is 3. The molecule has 0 aromatic carbocycles. The average Bonchev–Trinajstić information content (AvgIpc) is 2.78. The summed E-state index contributed by atoms with van der Waals surface area (Å²) in [6.45, 7) is 0.244. The van der Waals surface area contributed by atoms with Gasteiger partial charge < -0.3 is 15.7 Å². The van der Waals surface area contributed by atoms with Crippen LogP contribution in [0.25, 0.3) is 0 Å². The molecule has 0 saturated heterocycles. The number of nitrogens with one attached hydrogen (secondary N) is 2. The molecule has 0 aromatic rings. The Bertz CT molecular complexity index is 335. The lowest BCUT2D eigenvalue weighted by atomic mass is 9.82. The minimum Gasteiger partial charge on any atom is -0.481 e. The van der Waals surface area contributed by atoms with Crippen LogP contribution < -0.4 is 10.6 Å². The van der Waals surface area contributed by atoms with E-state index in [1.807, 2.05) is 0 Å². The third-order valence-corrected chi connectivity index (χ3v) is 3.47. The van der Waals surface area contributed by atoms with Gasteiger partial charge in [0.25, 0.3) is 0 Å². The molecule has 18 heavy (non-hydrogen) atoms. The van der Waals surface area contributed by atoms with Crippen molar-refractivity contribution in [2.24, 2.45) is 5.41 Å². The molecule has 0 aliphatic heterocycles. The lowest BCUT2D eigenvalue weighted by Gasteiger charge is -2.22. The highest BCUT2D eigenvalue weighted by molar-refractivity contribution is 5.85. The van der Waals surface area contributed by atoms with Gasteiger partial charge in [0.2, 0.25) is 11.8 Å². The highest BCUT2D eigenvalue weighted by Gasteiger charge is 2.42. The van der Waals surface area contributed by atoms with E-state index < -0.39 is 11.4 Å². The van der Waals surface area contributed by atoms with Gasteiger partial charge in [0.15, 0.2) is 0 Å². The van der Waals surface area contributed by atoms with Crippen LogP contribution in [0.4, 0.5) is 0 Å². The van der Waals surface area contributed by atoms with Crippen molar-refractivity contribution in [2.75, 3.05) is 13.6 Å². The molecule has 0 aromatic heterocycles. The summed E-state index contributed by atoms with van der Waals surface area (Å²) >= 11 is 0. The van der Waals surface area contributed by atoms with Crippen molar-refractivity contribution in [2.45, 2.75) is 38.5 Å². The lowest BCUT2D eigenvalue weighted by molar-refractivity contribution is -0.151. The first-order valence-corrected chi connectivity index (χ1v) is 6.21. The molecule has 6 nitrogen and oxygen atoms in total. The third-order valence-electron chi connectivity index (χ3n) is 3.47. The van der Waals surface area contributed by atoms with Crippen LogP contribution in [0.15, 0.2) is 0 Å². The number of carbonyl (C=O) groups is 3. The van der Waals surface area contributed by atoms with Gasteiger partial charge in [-0.25, -0.2) is 0 Å². The Hall–Kier alpha value is -1.59.